The molecular weight excluding hydrogens is 262 g/mol. The van der Waals surface area contributed by atoms with E-state index >= 15 is 0 Å². The maximum absolute atomic E-state index is 11.0. The van der Waals surface area contributed by atoms with Gasteiger partial charge in [-0.1, -0.05) is 29.5 Å². The smallest absolute Gasteiger partial charge is 0.218 e. The molecular formula is C12H11N5OS. The molecule has 7 heteroatoms. The first-order valence-electron chi connectivity index (χ1n) is 5.51. The summed E-state index contributed by atoms with van der Waals surface area (Å²) < 4.78 is 0. The molecule has 2 N–H and O–H groups in total. The van der Waals surface area contributed by atoms with Gasteiger partial charge in [-0.3, -0.25) is 4.79 Å². The summed E-state index contributed by atoms with van der Waals surface area (Å²) in [5.41, 5.74) is 0.887. The first-order chi connectivity index (χ1) is 9.19. The van der Waals surface area contributed by atoms with Gasteiger partial charge in [-0.15, -0.1) is 10.2 Å². The van der Waals surface area contributed by atoms with Crippen molar-refractivity contribution in [2.75, 3.05) is 5.32 Å². The Labute approximate surface area is 114 Å². The molecule has 0 fully saturated rings. The normalized spacial score (nSPS) is 11.4. The number of aromatic nitrogens is 2. The quantitative estimate of drug-likeness (QED) is 0.888. The van der Waals surface area contributed by atoms with Crippen LogP contribution >= 0.6 is 11.3 Å². The Morgan fingerprint density at radius 1 is 1.37 bits per heavy atom. The van der Waals surface area contributed by atoms with Crippen LogP contribution in [0.2, 0.25) is 0 Å². The van der Waals surface area contributed by atoms with Gasteiger partial charge in [-0.2, -0.15) is 5.26 Å². The van der Waals surface area contributed by atoms with Gasteiger partial charge >= 0.3 is 0 Å². The largest absolute Gasteiger partial charge is 0.335 e. The Balaban J connectivity index is 2.10. The second kappa shape index (κ2) is 5.93. The average molecular weight is 273 g/mol. The minimum absolute atomic E-state index is 0.278. The second-order valence-corrected chi connectivity index (χ2v) is 4.71. The number of carbonyl (C=O) groups is 1. The van der Waals surface area contributed by atoms with Crippen LogP contribution in [-0.2, 0) is 4.79 Å². The van der Waals surface area contributed by atoms with Crippen LogP contribution in [0.25, 0.3) is 0 Å². The highest BCUT2D eigenvalue weighted by atomic mass is 32.1. The number of hydrogen-bond donors (Lipinski definition) is 2. The number of nitriles is 1. The molecule has 1 amide bonds. The van der Waals surface area contributed by atoms with Gasteiger partial charge in [0.05, 0.1) is 6.07 Å². The lowest BCUT2D eigenvalue weighted by molar-refractivity contribution is -0.119. The Bertz CT molecular complexity index is 604. The molecule has 0 spiro atoms. The van der Waals surface area contributed by atoms with E-state index in [4.69, 9.17) is 5.26 Å². The van der Waals surface area contributed by atoms with Gasteiger partial charge in [0.25, 0.3) is 0 Å². The fourth-order valence-corrected chi connectivity index (χ4v) is 2.16. The van der Waals surface area contributed by atoms with E-state index in [1.54, 1.807) is 0 Å². The number of nitrogens with zero attached hydrogens (tertiary/aromatic N) is 3. The molecule has 0 saturated heterocycles. The SMILES string of the molecule is CC(=O)N[C@@H](C#N)c1nnc(Nc2ccccc2)s1. The van der Waals surface area contributed by atoms with Crippen LogP contribution < -0.4 is 10.6 Å². The van der Waals surface area contributed by atoms with Gasteiger partial charge in [0.15, 0.2) is 11.0 Å². The van der Waals surface area contributed by atoms with Crippen molar-refractivity contribution in [1.29, 1.82) is 5.26 Å². The summed E-state index contributed by atoms with van der Waals surface area (Å²) in [4.78, 5) is 11.0. The van der Waals surface area contributed by atoms with Gasteiger partial charge in [0.1, 0.15) is 0 Å². The lowest BCUT2D eigenvalue weighted by Gasteiger charge is -2.04. The van der Waals surface area contributed by atoms with E-state index < -0.39 is 6.04 Å². The van der Waals surface area contributed by atoms with Gasteiger partial charge < -0.3 is 10.6 Å². The van der Waals surface area contributed by atoms with Crippen LogP contribution in [0.5, 0.6) is 0 Å². The van der Waals surface area contributed by atoms with Crippen molar-refractivity contribution >= 4 is 28.1 Å². The molecule has 0 bridgehead atoms. The minimum Gasteiger partial charge on any atom is -0.335 e. The zero-order chi connectivity index (χ0) is 13.7. The number of carbonyl (C=O) groups excluding carboxylic acids is 1. The third-order valence-corrected chi connectivity index (χ3v) is 3.09. The van der Waals surface area contributed by atoms with Crippen molar-refractivity contribution in [3.05, 3.63) is 35.3 Å². The Morgan fingerprint density at radius 2 is 2.11 bits per heavy atom. The zero-order valence-corrected chi connectivity index (χ0v) is 10.9. The fourth-order valence-electron chi connectivity index (χ4n) is 1.40. The summed E-state index contributed by atoms with van der Waals surface area (Å²) in [6.07, 6.45) is 0. The van der Waals surface area contributed by atoms with Crippen molar-refractivity contribution in [2.24, 2.45) is 0 Å². The molecule has 1 atom stereocenters. The predicted molar refractivity (Wildman–Crippen MR) is 71.8 cm³/mol. The summed E-state index contributed by atoms with van der Waals surface area (Å²) in [7, 11) is 0. The molecule has 0 aliphatic carbocycles. The van der Waals surface area contributed by atoms with E-state index in [9.17, 15) is 4.79 Å². The topological polar surface area (TPSA) is 90.7 Å². The highest BCUT2D eigenvalue weighted by Crippen LogP contribution is 2.24. The maximum Gasteiger partial charge on any atom is 0.218 e. The molecule has 2 rings (SSSR count). The monoisotopic (exact) mass is 273 g/mol. The molecule has 0 aliphatic rings. The third-order valence-electron chi connectivity index (χ3n) is 2.19. The Kier molecular flexibility index (Phi) is 4.05. The van der Waals surface area contributed by atoms with Crippen molar-refractivity contribution < 1.29 is 4.79 Å². The predicted octanol–water partition coefficient (Wildman–Crippen LogP) is 1.98. The number of nitrogens with one attached hydrogen (secondary N) is 2. The number of benzene rings is 1. The molecule has 0 unspecified atom stereocenters. The van der Waals surface area contributed by atoms with Gasteiger partial charge in [0.2, 0.25) is 11.0 Å². The summed E-state index contributed by atoms with van der Waals surface area (Å²) >= 11 is 1.23. The zero-order valence-electron chi connectivity index (χ0n) is 10.1. The van der Waals surface area contributed by atoms with Crippen LogP contribution in [0.1, 0.15) is 18.0 Å². The molecule has 2 aromatic rings. The van der Waals surface area contributed by atoms with E-state index in [0.717, 1.165) is 5.69 Å². The summed E-state index contributed by atoms with van der Waals surface area (Å²) in [5.74, 6) is -0.278. The number of anilines is 2. The molecule has 0 aliphatic heterocycles. The molecule has 6 nitrogen and oxygen atoms in total. The summed E-state index contributed by atoms with van der Waals surface area (Å²) in [5, 5.41) is 23.4. The van der Waals surface area contributed by atoms with E-state index in [1.165, 1.54) is 18.3 Å². The molecule has 1 aromatic carbocycles. The molecule has 19 heavy (non-hydrogen) atoms. The Hall–Kier alpha value is -2.46. The summed E-state index contributed by atoms with van der Waals surface area (Å²) in [6.45, 7) is 1.36. The lowest BCUT2D eigenvalue weighted by Crippen LogP contribution is -2.24. The van der Waals surface area contributed by atoms with Crippen molar-refractivity contribution in [1.82, 2.24) is 15.5 Å². The number of para-hydroxylation sites is 1. The van der Waals surface area contributed by atoms with Crippen molar-refractivity contribution in [3.63, 3.8) is 0 Å². The summed E-state index contributed by atoms with van der Waals surface area (Å²) in [6, 6.07) is 10.7. The number of hydrogen-bond acceptors (Lipinski definition) is 6. The van der Waals surface area contributed by atoms with Gasteiger partial charge in [-0.25, -0.2) is 0 Å². The van der Waals surface area contributed by atoms with E-state index in [0.29, 0.717) is 10.1 Å². The number of rotatable bonds is 4. The molecule has 1 heterocycles. The number of amides is 1. The van der Waals surface area contributed by atoms with Gasteiger partial charge in [0, 0.05) is 12.6 Å². The molecule has 0 saturated carbocycles. The molecule has 0 radical (unpaired) electrons. The van der Waals surface area contributed by atoms with Crippen LogP contribution in [0.15, 0.2) is 30.3 Å². The van der Waals surface area contributed by atoms with E-state index in [-0.39, 0.29) is 5.91 Å². The highest BCUT2D eigenvalue weighted by molar-refractivity contribution is 7.15. The average Bonchev–Trinajstić information content (AvgIpc) is 2.85. The Morgan fingerprint density at radius 3 is 2.74 bits per heavy atom. The van der Waals surface area contributed by atoms with Crippen LogP contribution in [0.3, 0.4) is 0 Å². The van der Waals surface area contributed by atoms with Crippen molar-refractivity contribution in [3.8, 4) is 6.07 Å². The lowest BCUT2D eigenvalue weighted by atomic mass is 10.3. The van der Waals surface area contributed by atoms with E-state index in [1.807, 2.05) is 36.4 Å². The van der Waals surface area contributed by atoms with E-state index in [2.05, 4.69) is 20.8 Å². The van der Waals surface area contributed by atoms with Crippen LogP contribution in [-0.4, -0.2) is 16.1 Å². The second-order valence-electron chi connectivity index (χ2n) is 3.70. The standard InChI is InChI=1S/C12H11N5OS/c1-8(18)14-10(7-13)11-16-17-12(19-11)15-9-5-3-2-4-6-9/h2-6,10H,1H3,(H,14,18)(H,15,17)/t10-/m0/s1. The van der Waals surface area contributed by atoms with Crippen LogP contribution in [0, 0.1) is 11.3 Å². The highest BCUT2D eigenvalue weighted by Gasteiger charge is 2.17. The first kappa shape index (κ1) is 13.0. The fraction of sp³-hybridized carbons (Fsp3) is 0.167. The first-order valence-corrected chi connectivity index (χ1v) is 6.33. The van der Waals surface area contributed by atoms with Crippen molar-refractivity contribution in [2.45, 2.75) is 13.0 Å². The molecule has 96 valence electrons. The minimum atomic E-state index is -0.763. The molecule has 1 aromatic heterocycles. The maximum atomic E-state index is 11.0. The van der Waals surface area contributed by atoms with Crippen LogP contribution in [0.4, 0.5) is 10.8 Å². The third kappa shape index (κ3) is 3.50. The van der Waals surface area contributed by atoms with Gasteiger partial charge in [-0.05, 0) is 12.1 Å².